The zero-order chi connectivity index (χ0) is 10.7. The van der Waals surface area contributed by atoms with Gasteiger partial charge in [0.15, 0.2) is 0 Å². The molecule has 0 amide bonds. The van der Waals surface area contributed by atoms with Crippen LogP contribution in [0.25, 0.3) is 0 Å². The fourth-order valence-electron chi connectivity index (χ4n) is 2.38. The molecule has 1 heterocycles. The van der Waals surface area contributed by atoms with Gasteiger partial charge in [-0.2, -0.15) is 0 Å². The Balaban J connectivity index is 2.05. The average molecular weight is 224 g/mol. The largest absolute Gasteiger partial charge is 0.317 e. The third-order valence-corrected chi connectivity index (χ3v) is 3.74. The molecule has 1 aliphatic rings. The van der Waals surface area contributed by atoms with Crippen molar-refractivity contribution in [3.8, 4) is 0 Å². The summed E-state index contributed by atoms with van der Waals surface area (Å²) in [4.78, 5) is 0. The normalized spacial score (nSPS) is 20.1. The number of halogens is 1. The maximum Gasteiger partial charge on any atom is 0.0406 e. The molecule has 0 aliphatic carbocycles. The van der Waals surface area contributed by atoms with Crippen molar-refractivity contribution in [3.63, 3.8) is 0 Å². The number of rotatable bonds is 2. The maximum atomic E-state index is 5.89. The summed E-state index contributed by atoms with van der Waals surface area (Å²) in [6.07, 6.45) is 2.59. The highest BCUT2D eigenvalue weighted by molar-refractivity contribution is 6.30. The minimum Gasteiger partial charge on any atom is -0.317 e. The highest BCUT2D eigenvalue weighted by Gasteiger charge is 2.20. The summed E-state index contributed by atoms with van der Waals surface area (Å²) in [7, 11) is 0. The fourth-order valence-corrected chi connectivity index (χ4v) is 2.51. The van der Waals surface area contributed by atoms with Gasteiger partial charge >= 0.3 is 0 Å². The van der Waals surface area contributed by atoms with E-state index in [0.29, 0.717) is 5.92 Å². The van der Waals surface area contributed by atoms with Gasteiger partial charge in [-0.05, 0) is 55.5 Å². The second kappa shape index (κ2) is 5.00. The summed E-state index contributed by atoms with van der Waals surface area (Å²) >= 11 is 5.89. The van der Waals surface area contributed by atoms with Crippen LogP contribution in [0.1, 0.15) is 31.2 Å². The minimum atomic E-state index is 0.657. The first-order chi connectivity index (χ1) is 7.27. The van der Waals surface area contributed by atoms with Crippen LogP contribution in [0.5, 0.6) is 0 Å². The lowest BCUT2D eigenvalue weighted by Crippen LogP contribution is -2.30. The van der Waals surface area contributed by atoms with Gasteiger partial charge in [-0.1, -0.05) is 30.7 Å². The molecule has 1 atom stereocenters. The Morgan fingerprint density at radius 2 is 1.80 bits per heavy atom. The smallest absolute Gasteiger partial charge is 0.0406 e. The summed E-state index contributed by atoms with van der Waals surface area (Å²) < 4.78 is 0. The highest BCUT2D eigenvalue weighted by atomic mass is 35.5. The number of piperidine rings is 1. The molecule has 1 fully saturated rings. The molecule has 82 valence electrons. The summed E-state index contributed by atoms with van der Waals surface area (Å²) in [5, 5.41) is 4.24. The Kier molecular flexibility index (Phi) is 3.66. The first-order valence-corrected chi connectivity index (χ1v) is 6.11. The predicted molar refractivity (Wildman–Crippen MR) is 65.5 cm³/mol. The van der Waals surface area contributed by atoms with Gasteiger partial charge in [0.1, 0.15) is 0 Å². The predicted octanol–water partition coefficient (Wildman–Crippen LogP) is 3.44. The molecule has 1 unspecified atom stereocenters. The van der Waals surface area contributed by atoms with E-state index in [1.54, 1.807) is 0 Å². The van der Waals surface area contributed by atoms with E-state index in [1.807, 2.05) is 12.1 Å². The quantitative estimate of drug-likeness (QED) is 0.810. The molecule has 1 saturated heterocycles. The Bertz CT molecular complexity index is 301. The van der Waals surface area contributed by atoms with E-state index in [-0.39, 0.29) is 0 Å². The van der Waals surface area contributed by atoms with Crippen molar-refractivity contribution in [2.24, 2.45) is 5.92 Å². The van der Waals surface area contributed by atoms with E-state index in [0.717, 1.165) is 10.9 Å². The molecule has 1 aromatic rings. The SMILES string of the molecule is CC(c1ccc(Cl)cc1)C1CCNCC1. The Labute approximate surface area is 96.8 Å². The molecular formula is C13H18ClN. The third kappa shape index (κ3) is 2.73. The molecule has 1 N–H and O–H groups in total. The van der Waals surface area contributed by atoms with Crippen molar-refractivity contribution in [1.29, 1.82) is 0 Å². The number of hydrogen-bond acceptors (Lipinski definition) is 1. The first kappa shape index (κ1) is 11.0. The van der Waals surface area contributed by atoms with E-state index < -0.39 is 0 Å². The molecule has 0 aromatic heterocycles. The van der Waals surface area contributed by atoms with Crippen molar-refractivity contribution >= 4 is 11.6 Å². The lowest BCUT2D eigenvalue weighted by atomic mass is 9.82. The monoisotopic (exact) mass is 223 g/mol. The first-order valence-electron chi connectivity index (χ1n) is 5.73. The van der Waals surface area contributed by atoms with E-state index >= 15 is 0 Å². The van der Waals surface area contributed by atoms with Crippen LogP contribution in [-0.2, 0) is 0 Å². The van der Waals surface area contributed by atoms with Gasteiger partial charge in [-0.25, -0.2) is 0 Å². The van der Waals surface area contributed by atoms with Crippen LogP contribution >= 0.6 is 11.6 Å². The van der Waals surface area contributed by atoms with Crippen LogP contribution in [0.4, 0.5) is 0 Å². The molecule has 1 nitrogen and oxygen atoms in total. The topological polar surface area (TPSA) is 12.0 Å². The highest BCUT2D eigenvalue weighted by Crippen LogP contribution is 2.30. The standard InChI is InChI=1S/C13H18ClN/c1-10(12-6-8-15-9-7-12)11-2-4-13(14)5-3-11/h2-5,10,12,15H,6-9H2,1H3. The number of benzene rings is 1. The molecule has 0 spiro atoms. The summed E-state index contributed by atoms with van der Waals surface area (Å²) in [6.45, 7) is 4.67. The van der Waals surface area contributed by atoms with Crippen LogP contribution in [0.15, 0.2) is 24.3 Å². The average Bonchev–Trinajstić information content (AvgIpc) is 2.30. The van der Waals surface area contributed by atoms with E-state index in [1.165, 1.54) is 31.5 Å². The summed E-state index contributed by atoms with van der Waals surface area (Å²) in [6, 6.07) is 8.31. The van der Waals surface area contributed by atoms with Gasteiger partial charge < -0.3 is 5.32 Å². The Morgan fingerprint density at radius 3 is 2.40 bits per heavy atom. The zero-order valence-electron chi connectivity index (χ0n) is 9.17. The van der Waals surface area contributed by atoms with Gasteiger partial charge in [-0.15, -0.1) is 0 Å². The summed E-state index contributed by atoms with van der Waals surface area (Å²) in [5.74, 6) is 1.48. The van der Waals surface area contributed by atoms with Gasteiger partial charge in [0.05, 0.1) is 0 Å². The second-order valence-electron chi connectivity index (χ2n) is 4.43. The van der Waals surface area contributed by atoms with Crippen LogP contribution in [0.2, 0.25) is 5.02 Å². The molecule has 0 bridgehead atoms. The molecule has 1 aromatic carbocycles. The van der Waals surface area contributed by atoms with E-state index in [4.69, 9.17) is 11.6 Å². The molecule has 0 radical (unpaired) electrons. The third-order valence-electron chi connectivity index (χ3n) is 3.49. The lowest BCUT2D eigenvalue weighted by Gasteiger charge is -2.28. The van der Waals surface area contributed by atoms with Crippen molar-refractivity contribution in [3.05, 3.63) is 34.9 Å². The lowest BCUT2D eigenvalue weighted by molar-refractivity contribution is 0.330. The van der Waals surface area contributed by atoms with Crippen LogP contribution < -0.4 is 5.32 Å². The van der Waals surface area contributed by atoms with Crippen LogP contribution in [-0.4, -0.2) is 13.1 Å². The van der Waals surface area contributed by atoms with Gasteiger partial charge in [-0.3, -0.25) is 0 Å². The Morgan fingerprint density at radius 1 is 1.20 bits per heavy atom. The van der Waals surface area contributed by atoms with Crippen molar-refractivity contribution < 1.29 is 0 Å². The Hall–Kier alpha value is -0.530. The molecule has 0 saturated carbocycles. The van der Waals surface area contributed by atoms with Crippen molar-refractivity contribution in [2.75, 3.05) is 13.1 Å². The minimum absolute atomic E-state index is 0.657. The van der Waals surface area contributed by atoms with Gasteiger partial charge in [0.2, 0.25) is 0 Å². The number of hydrogen-bond donors (Lipinski definition) is 1. The molecule has 2 heteroatoms. The summed E-state index contributed by atoms with van der Waals surface area (Å²) in [5.41, 5.74) is 1.42. The van der Waals surface area contributed by atoms with E-state index in [2.05, 4.69) is 24.4 Å². The molecule has 1 aliphatic heterocycles. The fraction of sp³-hybridized carbons (Fsp3) is 0.538. The van der Waals surface area contributed by atoms with Crippen molar-refractivity contribution in [1.82, 2.24) is 5.32 Å². The maximum absolute atomic E-state index is 5.89. The molecular weight excluding hydrogens is 206 g/mol. The van der Waals surface area contributed by atoms with Gasteiger partial charge in [0.25, 0.3) is 0 Å². The van der Waals surface area contributed by atoms with Crippen molar-refractivity contribution in [2.45, 2.75) is 25.7 Å². The second-order valence-corrected chi connectivity index (χ2v) is 4.86. The van der Waals surface area contributed by atoms with Crippen LogP contribution in [0, 0.1) is 5.92 Å². The number of nitrogens with one attached hydrogen (secondary N) is 1. The molecule has 15 heavy (non-hydrogen) atoms. The van der Waals surface area contributed by atoms with Crippen LogP contribution in [0.3, 0.4) is 0 Å². The van der Waals surface area contributed by atoms with E-state index in [9.17, 15) is 0 Å². The zero-order valence-corrected chi connectivity index (χ0v) is 9.93. The van der Waals surface area contributed by atoms with Gasteiger partial charge in [0, 0.05) is 5.02 Å². The molecule has 2 rings (SSSR count).